The summed E-state index contributed by atoms with van der Waals surface area (Å²) >= 11 is 0. The van der Waals surface area contributed by atoms with Gasteiger partial charge in [-0.25, -0.2) is 0 Å². The fourth-order valence-electron chi connectivity index (χ4n) is 4.70. The second-order valence-electron chi connectivity index (χ2n) is 7.79. The zero-order chi connectivity index (χ0) is 18.0. The van der Waals surface area contributed by atoms with Crippen LogP contribution >= 0.6 is 0 Å². The molecule has 1 N–H and O–H groups in total. The summed E-state index contributed by atoms with van der Waals surface area (Å²) in [5.41, 5.74) is 1.86. The Kier molecular flexibility index (Phi) is 4.77. The van der Waals surface area contributed by atoms with Crippen LogP contribution in [0.1, 0.15) is 61.0 Å². The predicted molar refractivity (Wildman–Crippen MR) is 103 cm³/mol. The first-order valence-corrected chi connectivity index (χ1v) is 9.72. The summed E-state index contributed by atoms with van der Waals surface area (Å²) in [6, 6.07) is 14.5. The quantitative estimate of drug-likeness (QED) is 0.892. The molecule has 3 atom stereocenters. The van der Waals surface area contributed by atoms with Crippen molar-refractivity contribution in [1.29, 1.82) is 0 Å². The predicted octanol–water partition coefficient (Wildman–Crippen LogP) is 3.96. The highest BCUT2D eigenvalue weighted by molar-refractivity contribution is 5.94. The lowest BCUT2D eigenvalue weighted by molar-refractivity contribution is 0.0611. The van der Waals surface area contributed by atoms with Gasteiger partial charge in [0.1, 0.15) is 0 Å². The molecule has 3 heterocycles. The minimum absolute atomic E-state index is 0.0429. The van der Waals surface area contributed by atoms with Crippen molar-refractivity contribution in [3.63, 3.8) is 0 Å². The lowest BCUT2D eigenvalue weighted by atomic mass is 9.85. The van der Waals surface area contributed by atoms with Crippen LogP contribution in [0.4, 0.5) is 0 Å². The van der Waals surface area contributed by atoms with E-state index >= 15 is 0 Å². The number of hydrogen-bond donors (Lipinski definition) is 1. The van der Waals surface area contributed by atoms with Gasteiger partial charge in [0.15, 0.2) is 0 Å². The molecule has 2 aliphatic rings. The Balaban J connectivity index is 1.75. The van der Waals surface area contributed by atoms with Gasteiger partial charge in [-0.2, -0.15) is 0 Å². The van der Waals surface area contributed by atoms with E-state index in [1.54, 1.807) is 12.4 Å². The molecule has 0 unspecified atom stereocenters. The van der Waals surface area contributed by atoms with Crippen LogP contribution in [0.15, 0.2) is 54.9 Å². The summed E-state index contributed by atoms with van der Waals surface area (Å²) in [5.74, 6) is 0.100. The number of hydrogen-bond acceptors (Lipinski definition) is 3. The van der Waals surface area contributed by atoms with Gasteiger partial charge in [0.05, 0.1) is 17.6 Å². The number of benzene rings is 1. The van der Waals surface area contributed by atoms with Crippen LogP contribution in [0.3, 0.4) is 0 Å². The van der Waals surface area contributed by atoms with E-state index in [9.17, 15) is 4.79 Å². The zero-order valence-electron chi connectivity index (χ0n) is 15.4. The van der Waals surface area contributed by atoms with Gasteiger partial charge in [-0.15, -0.1) is 0 Å². The van der Waals surface area contributed by atoms with E-state index in [0.717, 1.165) is 19.4 Å². The Morgan fingerprint density at radius 1 is 1.15 bits per heavy atom. The van der Waals surface area contributed by atoms with Gasteiger partial charge in [0.25, 0.3) is 5.91 Å². The SMILES string of the molecule is C[C@]12C[C@@H](c3ccccc3)N(C(=O)c3cccnc3)[C@H]1CCCCCN2. The first-order chi connectivity index (χ1) is 12.7. The third-order valence-corrected chi connectivity index (χ3v) is 6.03. The molecule has 1 amide bonds. The van der Waals surface area contributed by atoms with Crippen molar-refractivity contribution in [2.24, 2.45) is 0 Å². The average molecular weight is 349 g/mol. The van der Waals surface area contributed by atoms with Crippen LogP contribution in [0.2, 0.25) is 0 Å². The topological polar surface area (TPSA) is 45.2 Å². The average Bonchev–Trinajstić information content (AvgIpc) is 2.95. The maximum Gasteiger partial charge on any atom is 0.256 e. The standard InChI is InChI=1S/C22H27N3O/c1-22-15-19(17-9-4-2-5-10-17)25(20(22)12-6-3-7-14-24-22)21(26)18-11-8-13-23-16-18/h2,4-5,8-11,13,16,19-20,24H,3,6-7,12,14-15H2,1H3/t19-,20-,22-/m0/s1. The third-order valence-electron chi connectivity index (χ3n) is 6.03. The summed E-state index contributed by atoms with van der Waals surface area (Å²) < 4.78 is 0. The van der Waals surface area contributed by atoms with Gasteiger partial charge in [-0.05, 0) is 50.4 Å². The second-order valence-corrected chi connectivity index (χ2v) is 7.79. The van der Waals surface area contributed by atoms with E-state index in [4.69, 9.17) is 0 Å². The fraction of sp³-hybridized carbons (Fsp3) is 0.455. The summed E-state index contributed by atoms with van der Waals surface area (Å²) in [6.45, 7) is 3.33. The van der Waals surface area contributed by atoms with Crippen LogP contribution in [0.5, 0.6) is 0 Å². The minimum Gasteiger partial charge on any atom is -0.327 e. The monoisotopic (exact) mass is 349 g/mol. The maximum atomic E-state index is 13.5. The molecule has 0 spiro atoms. The Bertz CT molecular complexity index is 748. The molecule has 1 aromatic carbocycles. The van der Waals surface area contributed by atoms with E-state index < -0.39 is 0 Å². The Morgan fingerprint density at radius 2 is 2.00 bits per heavy atom. The highest BCUT2D eigenvalue weighted by atomic mass is 16.2. The molecule has 136 valence electrons. The zero-order valence-corrected chi connectivity index (χ0v) is 15.4. The molecule has 4 heteroatoms. The Morgan fingerprint density at radius 3 is 2.77 bits per heavy atom. The van der Waals surface area contributed by atoms with Crippen molar-refractivity contribution in [1.82, 2.24) is 15.2 Å². The van der Waals surface area contributed by atoms with E-state index in [-0.39, 0.29) is 23.5 Å². The Hall–Kier alpha value is -2.20. The molecule has 4 rings (SSSR count). The maximum absolute atomic E-state index is 13.5. The normalized spacial score (nSPS) is 28.9. The van der Waals surface area contributed by atoms with E-state index in [0.29, 0.717) is 5.56 Å². The number of rotatable bonds is 2. The van der Waals surface area contributed by atoms with Crippen LogP contribution < -0.4 is 5.32 Å². The Labute approximate surface area is 155 Å². The summed E-state index contributed by atoms with van der Waals surface area (Å²) in [4.78, 5) is 19.8. The summed E-state index contributed by atoms with van der Waals surface area (Å²) in [5, 5.41) is 3.79. The molecular weight excluding hydrogens is 322 g/mol. The number of nitrogens with zero attached hydrogens (tertiary/aromatic N) is 2. The van der Waals surface area contributed by atoms with Crippen molar-refractivity contribution < 1.29 is 4.79 Å². The molecule has 2 saturated heterocycles. The van der Waals surface area contributed by atoms with E-state index in [1.807, 2.05) is 18.2 Å². The molecule has 2 aromatic rings. The first-order valence-electron chi connectivity index (χ1n) is 9.72. The molecule has 1 aromatic heterocycles. The number of carbonyl (C=O) groups is 1. The minimum atomic E-state index is -0.0429. The summed E-state index contributed by atoms with van der Waals surface area (Å²) in [6.07, 6.45) is 9.04. The van der Waals surface area contributed by atoms with Crippen molar-refractivity contribution in [2.75, 3.05) is 6.54 Å². The van der Waals surface area contributed by atoms with Gasteiger partial charge < -0.3 is 10.2 Å². The molecule has 0 bridgehead atoms. The molecule has 2 aliphatic heterocycles. The smallest absolute Gasteiger partial charge is 0.256 e. The van der Waals surface area contributed by atoms with Crippen LogP contribution in [-0.4, -0.2) is 33.9 Å². The number of likely N-dealkylation sites (tertiary alicyclic amines) is 1. The largest absolute Gasteiger partial charge is 0.327 e. The number of aromatic nitrogens is 1. The van der Waals surface area contributed by atoms with Gasteiger partial charge in [0, 0.05) is 17.9 Å². The van der Waals surface area contributed by atoms with Crippen LogP contribution in [0.25, 0.3) is 0 Å². The van der Waals surface area contributed by atoms with Crippen molar-refractivity contribution in [2.45, 2.75) is 56.7 Å². The van der Waals surface area contributed by atoms with Crippen LogP contribution in [-0.2, 0) is 0 Å². The number of amides is 1. The van der Waals surface area contributed by atoms with Crippen molar-refractivity contribution in [3.8, 4) is 0 Å². The highest BCUT2D eigenvalue weighted by Gasteiger charge is 2.51. The van der Waals surface area contributed by atoms with E-state index in [2.05, 4.69) is 46.4 Å². The van der Waals surface area contributed by atoms with Crippen molar-refractivity contribution >= 4 is 5.91 Å². The molecule has 4 nitrogen and oxygen atoms in total. The molecular formula is C22H27N3O. The first kappa shape index (κ1) is 17.2. The van der Waals surface area contributed by atoms with Gasteiger partial charge in [0.2, 0.25) is 0 Å². The molecule has 2 fully saturated rings. The fourth-order valence-corrected chi connectivity index (χ4v) is 4.70. The van der Waals surface area contributed by atoms with Gasteiger partial charge in [-0.1, -0.05) is 43.2 Å². The van der Waals surface area contributed by atoms with E-state index in [1.165, 1.54) is 24.8 Å². The molecule has 0 aliphatic carbocycles. The number of carbonyl (C=O) groups excluding carboxylic acids is 1. The molecule has 0 radical (unpaired) electrons. The molecule has 26 heavy (non-hydrogen) atoms. The highest BCUT2D eigenvalue weighted by Crippen LogP contribution is 2.45. The van der Waals surface area contributed by atoms with Crippen LogP contribution in [0, 0.1) is 0 Å². The number of nitrogens with one attached hydrogen (secondary N) is 1. The number of pyridine rings is 1. The lowest BCUT2D eigenvalue weighted by Crippen LogP contribution is -2.54. The van der Waals surface area contributed by atoms with Gasteiger partial charge >= 0.3 is 0 Å². The third kappa shape index (κ3) is 3.14. The summed E-state index contributed by atoms with van der Waals surface area (Å²) in [7, 11) is 0. The van der Waals surface area contributed by atoms with Gasteiger partial charge in [-0.3, -0.25) is 9.78 Å². The van der Waals surface area contributed by atoms with Crippen molar-refractivity contribution in [3.05, 3.63) is 66.0 Å². The molecule has 0 saturated carbocycles. The second kappa shape index (κ2) is 7.20. The number of fused-ring (bicyclic) bond motifs is 1. The lowest BCUT2D eigenvalue weighted by Gasteiger charge is -2.38.